The van der Waals surface area contributed by atoms with Crippen LogP contribution in [-0.4, -0.2) is 9.78 Å². The Morgan fingerprint density at radius 3 is 2.36 bits per heavy atom. The fourth-order valence-electron chi connectivity index (χ4n) is 1.20. The van der Waals surface area contributed by atoms with Crippen LogP contribution in [0.25, 0.3) is 0 Å². The molecule has 0 aliphatic heterocycles. The molecule has 0 saturated carbocycles. The van der Waals surface area contributed by atoms with Gasteiger partial charge < -0.3 is 0 Å². The molecule has 0 radical (unpaired) electrons. The molecule has 0 spiro atoms. The minimum absolute atomic E-state index is 0.174. The quantitative estimate of drug-likeness (QED) is 0.639. The molecule has 0 aromatic carbocycles. The first kappa shape index (κ1) is 8.24. The van der Waals surface area contributed by atoms with E-state index in [4.69, 9.17) is 0 Å². The minimum Gasteiger partial charge on any atom is -0.239 e. The highest BCUT2D eigenvalue weighted by atomic mass is 19.1. The lowest BCUT2D eigenvalue weighted by Gasteiger charge is -1.94. The first-order valence-corrected chi connectivity index (χ1v) is 3.92. The van der Waals surface area contributed by atoms with E-state index in [-0.39, 0.29) is 5.95 Å². The number of hydrogen-bond donors (Lipinski definition) is 0. The summed E-state index contributed by atoms with van der Waals surface area (Å²) in [5.41, 5.74) is 1.55. The average molecular weight is 156 g/mol. The van der Waals surface area contributed by atoms with Gasteiger partial charge >= 0.3 is 0 Å². The van der Waals surface area contributed by atoms with Gasteiger partial charge in [0.25, 0.3) is 0 Å². The zero-order valence-electron chi connectivity index (χ0n) is 7.19. The molecule has 0 amide bonds. The Balaban J connectivity index is 3.14. The van der Waals surface area contributed by atoms with Gasteiger partial charge in [0, 0.05) is 12.1 Å². The summed E-state index contributed by atoms with van der Waals surface area (Å²) in [6.07, 6.45) is 0.720. The molecular weight excluding hydrogens is 143 g/mol. The normalized spacial score (nSPS) is 10.5. The molecule has 1 aromatic rings. The fourth-order valence-corrected chi connectivity index (χ4v) is 1.20. The summed E-state index contributed by atoms with van der Waals surface area (Å²) in [6.45, 7) is 6.27. The van der Waals surface area contributed by atoms with Gasteiger partial charge in [0.15, 0.2) is 0 Å². The molecule has 3 heteroatoms. The molecule has 1 heterocycles. The molecule has 0 N–H and O–H groups in total. The SMILES string of the molecule is CCc1c(C)nn(CC)c1F. The van der Waals surface area contributed by atoms with Crippen molar-refractivity contribution >= 4 is 0 Å². The first-order chi connectivity index (χ1) is 5.20. The Hall–Kier alpha value is -0.860. The van der Waals surface area contributed by atoms with E-state index in [2.05, 4.69) is 5.10 Å². The molecule has 0 atom stereocenters. The van der Waals surface area contributed by atoms with Crippen molar-refractivity contribution in [2.24, 2.45) is 0 Å². The van der Waals surface area contributed by atoms with Gasteiger partial charge in [-0.25, -0.2) is 4.68 Å². The van der Waals surface area contributed by atoms with Gasteiger partial charge in [0.1, 0.15) is 0 Å². The second kappa shape index (κ2) is 3.03. The molecule has 0 bridgehead atoms. The van der Waals surface area contributed by atoms with E-state index in [1.54, 1.807) is 0 Å². The summed E-state index contributed by atoms with van der Waals surface area (Å²) < 4.78 is 14.6. The standard InChI is InChI=1S/C8H13FN2/c1-4-7-6(3)10-11(5-2)8(7)9/h4-5H2,1-3H3. The fraction of sp³-hybridized carbons (Fsp3) is 0.625. The number of aromatic nitrogens is 2. The highest BCUT2D eigenvalue weighted by Crippen LogP contribution is 2.11. The van der Waals surface area contributed by atoms with E-state index in [0.717, 1.165) is 17.7 Å². The van der Waals surface area contributed by atoms with Gasteiger partial charge in [-0.1, -0.05) is 6.92 Å². The van der Waals surface area contributed by atoms with Crippen molar-refractivity contribution in [2.45, 2.75) is 33.7 Å². The Morgan fingerprint density at radius 1 is 1.45 bits per heavy atom. The van der Waals surface area contributed by atoms with E-state index in [1.165, 1.54) is 4.68 Å². The largest absolute Gasteiger partial charge is 0.239 e. The van der Waals surface area contributed by atoms with Gasteiger partial charge in [0.2, 0.25) is 5.95 Å². The summed E-state index contributed by atoms with van der Waals surface area (Å²) in [4.78, 5) is 0. The molecule has 11 heavy (non-hydrogen) atoms. The van der Waals surface area contributed by atoms with Gasteiger partial charge in [0.05, 0.1) is 5.69 Å². The van der Waals surface area contributed by atoms with Crippen LogP contribution in [0.3, 0.4) is 0 Å². The topological polar surface area (TPSA) is 17.8 Å². The highest BCUT2D eigenvalue weighted by molar-refractivity contribution is 5.16. The predicted molar refractivity (Wildman–Crippen MR) is 42.0 cm³/mol. The average Bonchev–Trinajstić information content (AvgIpc) is 2.26. The Kier molecular flexibility index (Phi) is 2.27. The highest BCUT2D eigenvalue weighted by Gasteiger charge is 2.10. The number of nitrogens with zero attached hydrogens (tertiary/aromatic N) is 2. The molecule has 0 unspecified atom stereocenters. The maximum absolute atomic E-state index is 13.2. The van der Waals surface area contributed by atoms with E-state index < -0.39 is 0 Å². The number of halogens is 1. The zero-order valence-corrected chi connectivity index (χ0v) is 7.19. The monoisotopic (exact) mass is 156 g/mol. The molecule has 0 aliphatic carbocycles. The van der Waals surface area contributed by atoms with E-state index >= 15 is 0 Å². The molecule has 62 valence electrons. The third-order valence-electron chi connectivity index (χ3n) is 1.84. The van der Waals surface area contributed by atoms with Crippen molar-refractivity contribution < 1.29 is 4.39 Å². The third kappa shape index (κ3) is 1.27. The molecule has 1 rings (SSSR count). The second-order valence-electron chi connectivity index (χ2n) is 2.52. The third-order valence-corrected chi connectivity index (χ3v) is 1.84. The van der Waals surface area contributed by atoms with Crippen molar-refractivity contribution in [3.8, 4) is 0 Å². The van der Waals surface area contributed by atoms with Crippen LogP contribution in [0.5, 0.6) is 0 Å². The molecule has 1 aromatic heterocycles. The van der Waals surface area contributed by atoms with Crippen molar-refractivity contribution in [3.05, 3.63) is 17.2 Å². The van der Waals surface area contributed by atoms with Gasteiger partial charge in [-0.05, 0) is 20.3 Å². The summed E-state index contributed by atoms with van der Waals surface area (Å²) >= 11 is 0. The van der Waals surface area contributed by atoms with Crippen LogP contribution in [0.2, 0.25) is 0 Å². The van der Waals surface area contributed by atoms with E-state index in [9.17, 15) is 4.39 Å². The Bertz CT molecular complexity index is 253. The minimum atomic E-state index is -0.174. The molecule has 2 nitrogen and oxygen atoms in total. The lowest BCUT2D eigenvalue weighted by atomic mass is 10.2. The Morgan fingerprint density at radius 2 is 2.09 bits per heavy atom. The van der Waals surface area contributed by atoms with E-state index in [0.29, 0.717) is 6.54 Å². The number of aryl methyl sites for hydroxylation is 2. The van der Waals surface area contributed by atoms with Gasteiger partial charge in [-0.3, -0.25) is 0 Å². The molecule has 0 fully saturated rings. The van der Waals surface area contributed by atoms with Crippen molar-refractivity contribution in [3.63, 3.8) is 0 Å². The van der Waals surface area contributed by atoms with Crippen LogP contribution >= 0.6 is 0 Å². The van der Waals surface area contributed by atoms with Crippen LogP contribution in [0.4, 0.5) is 4.39 Å². The van der Waals surface area contributed by atoms with Crippen LogP contribution in [0.15, 0.2) is 0 Å². The molecule has 0 saturated heterocycles. The maximum atomic E-state index is 13.2. The zero-order chi connectivity index (χ0) is 8.43. The second-order valence-corrected chi connectivity index (χ2v) is 2.52. The summed E-state index contributed by atoms with van der Waals surface area (Å²) in [6, 6.07) is 0. The van der Waals surface area contributed by atoms with Crippen molar-refractivity contribution in [1.82, 2.24) is 9.78 Å². The summed E-state index contributed by atoms with van der Waals surface area (Å²) in [5, 5.41) is 4.04. The lowest BCUT2D eigenvalue weighted by Crippen LogP contribution is -2.00. The van der Waals surface area contributed by atoms with Gasteiger partial charge in [-0.2, -0.15) is 9.49 Å². The van der Waals surface area contributed by atoms with Crippen LogP contribution in [-0.2, 0) is 13.0 Å². The number of hydrogen-bond acceptors (Lipinski definition) is 1. The van der Waals surface area contributed by atoms with Crippen LogP contribution in [0, 0.1) is 12.9 Å². The van der Waals surface area contributed by atoms with Crippen LogP contribution in [0.1, 0.15) is 25.1 Å². The van der Waals surface area contributed by atoms with Crippen molar-refractivity contribution in [1.29, 1.82) is 0 Å². The predicted octanol–water partition coefficient (Wildman–Crippen LogP) is 1.91. The smallest absolute Gasteiger partial charge is 0.214 e. The van der Waals surface area contributed by atoms with Crippen molar-refractivity contribution in [2.75, 3.05) is 0 Å². The summed E-state index contributed by atoms with van der Waals surface area (Å²) in [5.74, 6) is -0.174. The molecule has 0 aliphatic rings. The number of rotatable bonds is 2. The summed E-state index contributed by atoms with van der Waals surface area (Å²) in [7, 11) is 0. The van der Waals surface area contributed by atoms with E-state index in [1.807, 2.05) is 20.8 Å². The van der Waals surface area contributed by atoms with Gasteiger partial charge in [-0.15, -0.1) is 0 Å². The Labute approximate surface area is 66.0 Å². The first-order valence-electron chi connectivity index (χ1n) is 3.92. The maximum Gasteiger partial charge on any atom is 0.214 e. The lowest BCUT2D eigenvalue weighted by molar-refractivity contribution is 0.464. The van der Waals surface area contributed by atoms with Crippen LogP contribution < -0.4 is 0 Å². The molecular formula is C8H13FN2.